The number of ether oxygens (including phenoxy) is 1. The topological polar surface area (TPSA) is 69.9 Å². The highest BCUT2D eigenvalue weighted by Gasteiger charge is 2.29. The minimum absolute atomic E-state index is 0.0630. The Bertz CT molecular complexity index is 637. The van der Waals surface area contributed by atoms with Gasteiger partial charge in [-0.15, -0.1) is 5.10 Å². The van der Waals surface area contributed by atoms with E-state index in [0.717, 1.165) is 18.6 Å². The zero-order valence-electron chi connectivity index (χ0n) is 11.9. The molecule has 0 amide bonds. The van der Waals surface area contributed by atoms with Crippen LogP contribution in [0.5, 0.6) is 5.75 Å². The van der Waals surface area contributed by atoms with E-state index in [1.165, 1.54) is 11.8 Å². The largest absolute Gasteiger partial charge is 0.497 e. The first kappa shape index (κ1) is 14.1. The van der Waals surface area contributed by atoms with Gasteiger partial charge in [0.05, 0.1) is 18.4 Å². The average Bonchev–Trinajstić information content (AvgIpc) is 3.26. The molecule has 1 fully saturated rings. The number of Topliss-reactive ketones (excluding diaryl/α,β-unsaturated/α-hetero) is 1. The van der Waals surface area contributed by atoms with Crippen LogP contribution in [0.1, 0.15) is 36.2 Å². The number of nitrogens with zero attached hydrogens (tertiary/aromatic N) is 4. The lowest BCUT2D eigenvalue weighted by atomic mass is 10.1. The first-order chi connectivity index (χ1) is 10.2. The molecule has 1 heterocycles. The summed E-state index contributed by atoms with van der Waals surface area (Å²) < 4.78 is 6.92. The minimum atomic E-state index is -0.234. The van der Waals surface area contributed by atoms with Crippen molar-refractivity contribution in [3.8, 4) is 5.75 Å². The number of benzene rings is 1. The van der Waals surface area contributed by atoms with Gasteiger partial charge in [-0.2, -0.15) is 0 Å². The second-order valence-corrected chi connectivity index (χ2v) is 6.30. The number of rotatable bonds is 6. The molecular formula is C14H16N4O2S. The monoisotopic (exact) mass is 304 g/mol. The molecule has 6 nitrogen and oxygen atoms in total. The van der Waals surface area contributed by atoms with Gasteiger partial charge >= 0.3 is 0 Å². The Morgan fingerprint density at radius 2 is 2.10 bits per heavy atom. The van der Waals surface area contributed by atoms with Gasteiger partial charge in [-0.1, -0.05) is 11.8 Å². The van der Waals surface area contributed by atoms with Crippen LogP contribution in [0, 0.1) is 0 Å². The number of carbonyl (C=O) groups excluding carboxylic acids is 1. The van der Waals surface area contributed by atoms with Crippen molar-refractivity contribution in [2.45, 2.75) is 36.2 Å². The Labute approximate surface area is 126 Å². The summed E-state index contributed by atoms with van der Waals surface area (Å²) in [6.45, 7) is 1.88. The number of tetrazole rings is 1. The predicted molar refractivity (Wildman–Crippen MR) is 78.7 cm³/mol. The molecule has 0 saturated heterocycles. The molecule has 21 heavy (non-hydrogen) atoms. The Morgan fingerprint density at radius 3 is 2.71 bits per heavy atom. The van der Waals surface area contributed by atoms with Crippen molar-refractivity contribution >= 4 is 17.5 Å². The molecule has 1 atom stereocenters. The first-order valence-electron chi connectivity index (χ1n) is 6.82. The number of ketones is 1. The molecule has 2 aromatic rings. The summed E-state index contributed by atoms with van der Waals surface area (Å²) in [5.41, 5.74) is 0.668. The number of aromatic nitrogens is 4. The molecule has 1 aliphatic carbocycles. The summed E-state index contributed by atoms with van der Waals surface area (Å²) in [5, 5.41) is 12.2. The van der Waals surface area contributed by atoms with Crippen LogP contribution in [-0.4, -0.2) is 38.4 Å². The summed E-state index contributed by atoms with van der Waals surface area (Å²) >= 11 is 1.40. The second kappa shape index (κ2) is 5.85. The lowest BCUT2D eigenvalue weighted by Crippen LogP contribution is -2.14. The van der Waals surface area contributed by atoms with Crippen molar-refractivity contribution < 1.29 is 9.53 Å². The van der Waals surface area contributed by atoms with E-state index in [2.05, 4.69) is 15.5 Å². The highest BCUT2D eigenvalue weighted by Crippen LogP contribution is 2.37. The van der Waals surface area contributed by atoms with Crippen molar-refractivity contribution in [3.05, 3.63) is 29.8 Å². The quantitative estimate of drug-likeness (QED) is 0.603. The fourth-order valence-electron chi connectivity index (χ4n) is 2.01. The van der Waals surface area contributed by atoms with E-state index in [1.54, 1.807) is 31.4 Å². The molecule has 0 radical (unpaired) electrons. The van der Waals surface area contributed by atoms with Crippen LogP contribution in [0.2, 0.25) is 0 Å². The Balaban J connectivity index is 1.70. The highest BCUT2D eigenvalue weighted by atomic mass is 32.2. The summed E-state index contributed by atoms with van der Waals surface area (Å²) in [7, 11) is 1.60. The third-order valence-corrected chi connectivity index (χ3v) is 4.43. The SMILES string of the molecule is COc1ccc(C(=O)[C@@H](C)Sc2nnnn2C2CC2)cc1. The van der Waals surface area contributed by atoms with E-state index in [4.69, 9.17) is 4.74 Å². The fourth-order valence-corrected chi connectivity index (χ4v) is 2.95. The second-order valence-electron chi connectivity index (χ2n) is 4.99. The van der Waals surface area contributed by atoms with Crippen molar-refractivity contribution in [2.24, 2.45) is 0 Å². The molecule has 1 aromatic carbocycles. The number of carbonyl (C=O) groups is 1. The molecule has 7 heteroatoms. The van der Waals surface area contributed by atoms with Crippen LogP contribution in [0.4, 0.5) is 0 Å². The number of thioether (sulfide) groups is 1. The number of hydrogen-bond acceptors (Lipinski definition) is 6. The van der Waals surface area contributed by atoms with E-state index in [9.17, 15) is 4.79 Å². The summed E-state index contributed by atoms with van der Waals surface area (Å²) in [4.78, 5) is 12.4. The van der Waals surface area contributed by atoms with Gasteiger partial charge in [0.15, 0.2) is 5.78 Å². The minimum Gasteiger partial charge on any atom is -0.497 e. The maximum Gasteiger partial charge on any atom is 0.210 e. The number of methoxy groups -OCH3 is 1. The first-order valence-corrected chi connectivity index (χ1v) is 7.70. The average molecular weight is 304 g/mol. The normalized spacial score (nSPS) is 15.7. The zero-order chi connectivity index (χ0) is 14.8. The Hall–Kier alpha value is -1.89. The number of hydrogen-bond donors (Lipinski definition) is 0. The van der Waals surface area contributed by atoms with Crippen LogP contribution >= 0.6 is 11.8 Å². The van der Waals surface area contributed by atoms with Gasteiger partial charge in [-0.05, 0) is 54.5 Å². The van der Waals surface area contributed by atoms with E-state index in [-0.39, 0.29) is 11.0 Å². The molecule has 1 aromatic heterocycles. The molecule has 1 aliphatic rings. The van der Waals surface area contributed by atoms with Crippen LogP contribution < -0.4 is 4.74 Å². The molecule has 0 bridgehead atoms. The van der Waals surface area contributed by atoms with Crippen molar-refractivity contribution in [3.63, 3.8) is 0 Å². The van der Waals surface area contributed by atoms with Crippen molar-refractivity contribution in [1.82, 2.24) is 20.2 Å². The highest BCUT2D eigenvalue weighted by molar-refractivity contribution is 8.00. The van der Waals surface area contributed by atoms with Gasteiger partial charge in [-0.3, -0.25) is 4.79 Å². The standard InChI is InChI=1S/C14H16N4O2S/c1-9(13(19)10-3-7-12(20-2)8-4-10)21-14-15-16-17-18(14)11-5-6-11/h3-4,7-9,11H,5-6H2,1-2H3/t9-/m1/s1. The van der Waals surface area contributed by atoms with E-state index in [1.807, 2.05) is 11.6 Å². The van der Waals surface area contributed by atoms with Gasteiger partial charge in [0.1, 0.15) is 5.75 Å². The molecular weight excluding hydrogens is 288 g/mol. The van der Waals surface area contributed by atoms with E-state index in [0.29, 0.717) is 16.8 Å². The third-order valence-electron chi connectivity index (χ3n) is 3.38. The smallest absolute Gasteiger partial charge is 0.210 e. The van der Waals surface area contributed by atoms with Crippen LogP contribution in [0.15, 0.2) is 29.4 Å². The van der Waals surface area contributed by atoms with Crippen molar-refractivity contribution in [2.75, 3.05) is 7.11 Å². The van der Waals surface area contributed by atoms with Crippen LogP contribution in [0.25, 0.3) is 0 Å². The van der Waals surface area contributed by atoms with Gasteiger partial charge in [0, 0.05) is 5.56 Å². The van der Waals surface area contributed by atoms with Gasteiger partial charge in [0.25, 0.3) is 0 Å². The van der Waals surface area contributed by atoms with Gasteiger partial charge in [0.2, 0.25) is 5.16 Å². The molecule has 0 unspecified atom stereocenters. The van der Waals surface area contributed by atoms with Crippen LogP contribution in [-0.2, 0) is 0 Å². The zero-order valence-corrected chi connectivity index (χ0v) is 12.7. The maximum atomic E-state index is 12.4. The molecule has 110 valence electrons. The summed E-state index contributed by atoms with van der Waals surface area (Å²) in [6.07, 6.45) is 2.22. The fraction of sp³-hybridized carbons (Fsp3) is 0.429. The summed E-state index contributed by atoms with van der Waals surface area (Å²) in [6, 6.07) is 7.55. The van der Waals surface area contributed by atoms with Gasteiger partial charge in [-0.25, -0.2) is 4.68 Å². The summed E-state index contributed by atoms with van der Waals surface area (Å²) in [5.74, 6) is 0.803. The van der Waals surface area contributed by atoms with E-state index < -0.39 is 0 Å². The predicted octanol–water partition coefficient (Wildman–Crippen LogP) is 2.38. The maximum absolute atomic E-state index is 12.4. The van der Waals surface area contributed by atoms with Gasteiger partial charge < -0.3 is 4.74 Å². The molecule has 3 rings (SSSR count). The molecule has 0 N–H and O–H groups in total. The Morgan fingerprint density at radius 1 is 1.38 bits per heavy atom. The van der Waals surface area contributed by atoms with E-state index >= 15 is 0 Å². The molecule has 1 saturated carbocycles. The molecule has 0 aliphatic heterocycles. The lowest BCUT2D eigenvalue weighted by molar-refractivity contribution is 0.0994. The lowest BCUT2D eigenvalue weighted by Gasteiger charge is -2.10. The third kappa shape index (κ3) is 3.07. The van der Waals surface area contributed by atoms with Crippen molar-refractivity contribution in [1.29, 1.82) is 0 Å². The molecule has 0 spiro atoms. The van der Waals surface area contributed by atoms with Crippen LogP contribution in [0.3, 0.4) is 0 Å². The Kier molecular flexibility index (Phi) is 3.92.